The average molecular weight is 218 g/mol. The van der Waals surface area contributed by atoms with E-state index in [9.17, 15) is 0 Å². The van der Waals surface area contributed by atoms with Crippen molar-refractivity contribution in [3.8, 4) is 0 Å². The summed E-state index contributed by atoms with van der Waals surface area (Å²) in [5, 5.41) is 0.766. The Labute approximate surface area is 94.5 Å². The molecule has 0 aromatic heterocycles. The van der Waals surface area contributed by atoms with Crippen molar-refractivity contribution in [2.45, 2.75) is 6.42 Å². The van der Waals surface area contributed by atoms with Gasteiger partial charge in [0.2, 0.25) is 0 Å². The van der Waals surface area contributed by atoms with Gasteiger partial charge in [0.15, 0.2) is 0 Å². The van der Waals surface area contributed by atoms with Crippen LogP contribution in [-0.2, 0) is 6.42 Å². The normalized spacial score (nSPS) is 10.2. The van der Waals surface area contributed by atoms with Crippen LogP contribution in [0.3, 0.4) is 0 Å². The maximum absolute atomic E-state index is 5.92. The third kappa shape index (κ3) is 2.51. The molecule has 0 radical (unpaired) electrons. The fourth-order valence-electron chi connectivity index (χ4n) is 1.56. The summed E-state index contributed by atoms with van der Waals surface area (Å²) in [6.45, 7) is 0. The van der Waals surface area contributed by atoms with Crippen LogP contribution < -0.4 is 5.73 Å². The summed E-state index contributed by atoms with van der Waals surface area (Å²) in [6, 6.07) is 15.7. The molecule has 0 aliphatic rings. The quantitative estimate of drug-likeness (QED) is 0.766. The largest absolute Gasteiger partial charge is 0.398 e. The number of benzene rings is 2. The Morgan fingerprint density at radius 1 is 1.00 bits per heavy atom. The molecule has 76 valence electrons. The predicted molar refractivity (Wildman–Crippen MR) is 65.1 cm³/mol. The molecule has 0 aliphatic carbocycles. The first kappa shape index (κ1) is 10.1. The van der Waals surface area contributed by atoms with Gasteiger partial charge < -0.3 is 5.73 Å². The van der Waals surface area contributed by atoms with Crippen LogP contribution in [0, 0.1) is 0 Å². The summed E-state index contributed by atoms with van der Waals surface area (Å²) in [4.78, 5) is 0. The maximum Gasteiger partial charge on any atom is 0.0408 e. The van der Waals surface area contributed by atoms with Gasteiger partial charge in [-0.1, -0.05) is 41.9 Å². The van der Waals surface area contributed by atoms with E-state index >= 15 is 0 Å². The van der Waals surface area contributed by atoms with Crippen molar-refractivity contribution in [3.63, 3.8) is 0 Å². The Kier molecular flexibility index (Phi) is 2.93. The average Bonchev–Trinajstić information content (AvgIpc) is 2.22. The molecule has 0 bridgehead atoms. The topological polar surface area (TPSA) is 26.0 Å². The molecule has 2 rings (SSSR count). The molecule has 0 heterocycles. The Morgan fingerprint density at radius 3 is 2.53 bits per heavy atom. The zero-order valence-corrected chi connectivity index (χ0v) is 9.04. The zero-order valence-electron chi connectivity index (χ0n) is 8.28. The van der Waals surface area contributed by atoms with E-state index in [1.165, 1.54) is 5.56 Å². The monoisotopic (exact) mass is 217 g/mol. The molecule has 0 amide bonds. The second-order valence-corrected chi connectivity index (χ2v) is 3.94. The fourth-order valence-corrected chi connectivity index (χ4v) is 1.77. The van der Waals surface area contributed by atoms with Gasteiger partial charge in [0.25, 0.3) is 0 Å². The van der Waals surface area contributed by atoms with E-state index in [-0.39, 0.29) is 0 Å². The van der Waals surface area contributed by atoms with Gasteiger partial charge in [-0.3, -0.25) is 0 Å². The van der Waals surface area contributed by atoms with Crippen LogP contribution in [0.2, 0.25) is 5.02 Å². The van der Waals surface area contributed by atoms with Crippen molar-refractivity contribution >= 4 is 17.3 Å². The number of hydrogen-bond acceptors (Lipinski definition) is 1. The van der Waals surface area contributed by atoms with Gasteiger partial charge in [-0.05, 0) is 35.7 Å². The van der Waals surface area contributed by atoms with Crippen molar-refractivity contribution in [1.29, 1.82) is 0 Å². The smallest absolute Gasteiger partial charge is 0.0408 e. The summed E-state index contributed by atoms with van der Waals surface area (Å²) in [7, 11) is 0. The summed E-state index contributed by atoms with van der Waals surface area (Å²) in [5.41, 5.74) is 9.02. The highest BCUT2D eigenvalue weighted by molar-refractivity contribution is 6.30. The molecule has 0 saturated heterocycles. The number of hydrogen-bond donors (Lipinski definition) is 1. The predicted octanol–water partition coefficient (Wildman–Crippen LogP) is 3.51. The van der Waals surface area contributed by atoms with Gasteiger partial charge in [-0.25, -0.2) is 0 Å². The highest BCUT2D eigenvalue weighted by atomic mass is 35.5. The second-order valence-electron chi connectivity index (χ2n) is 3.51. The molecule has 0 aliphatic heterocycles. The number of halogens is 1. The molecule has 0 fully saturated rings. The van der Waals surface area contributed by atoms with Crippen molar-refractivity contribution < 1.29 is 0 Å². The molecule has 0 saturated carbocycles. The van der Waals surface area contributed by atoms with E-state index in [0.717, 1.165) is 22.7 Å². The highest BCUT2D eigenvalue weighted by Gasteiger charge is 2.00. The third-order valence-electron chi connectivity index (χ3n) is 2.34. The van der Waals surface area contributed by atoms with Crippen LogP contribution >= 0.6 is 11.6 Å². The standard InChI is InChI=1S/C13H12ClN/c14-12-6-3-4-10(9-12)8-11-5-1-2-7-13(11)15/h1-7,9H,8,15H2. The Hall–Kier alpha value is -1.47. The molecule has 0 unspecified atom stereocenters. The number of anilines is 1. The van der Waals surface area contributed by atoms with E-state index in [2.05, 4.69) is 6.07 Å². The van der Waals surface area contributed by atoms with Gasteiger partial charge in [-0.15, -0.1) is 0 Å². The molecule has 0 atom stereocenters. The lowest BCUT2D eigenvalue weighted by molar-refractivity contribution is 1.20. The minimum absolute atomic E-state index is 0.766. The van der Waals surface area contributed by atoms with Crippen molar-refractivity contribution in [2.75, 3.05) is 5.73 Å². The van der Waals surface area contributed by atoms with Gasteiger partial charge in [-0.2, -0.15) is 0 Å². The van der Waals surface area contributed by atoms with E-state index in [0.29, 0.717) is 0 Å². The molecule has 2 aromatic rings. The maximum atomic E-state index is 5.92. The van der Waals surface area contributed by atoms with Crippen molar-refractivity contribution in [2.24, 2.45) is 0 Å². The number of nitrogens with two attached hydrogens (primary N) is 1. The lowest BCUT2D eigenvalue weighted by atomic mass is 10.0. The molecular weight excluding hydrogens is 206 g/mol. The van der Waals surface area contributed by atoms with Gasteiger partial charge >= 0.3 is 0 Å². The number of para-hydroxylation sites is 1. The molecule has 2 heteroatoms. The van der Waals surface area contributed by atoms with Crippen LogP contribution in [-0.4, -0.2) is 0 Å². The second kappa shape index (κ2) is 4.37. The van der Waals surface area contributed by atoms with E-state index < -0.39 is 0 Å². The van der Waals surface area contributed by atoms with Gasteiger partial charge in [0.1, 0.15) is 0 Å². The number of nitrogen functional groups attached to an aromatic ring is 1. The lowest BCUT2D eigenvalue weighted by Crippen LogP contribution is -1.94. The SMILES string of the molecule is Nc1ccccc1Cc1cccc(Cl)c1. The van der Waals surface area contributed by atoms with Crippen LogP contribution in [0.4, 0.5) is 5.69 Å². The molecule has 1 nitrogen and oxygen atoms in total. The molecule has 2 aromatic carbocycles. The lowest BCUT2D eigenvalue weighted by Gasteiger charge is -2.05. The summed E-state index contributed by atoms with van der Waals surface area (Å²) < 4.78 is 0. The Morgan fingerprint density at radius 2 is 1.80 bits per heavy atom. The van der Waals surface area contributed by atoms with Gasteiger partial charge in [0, 0.05) is 10.7 Å². The first-order chi connectivity index (χ1) is 7.25. The third-order valence-corrected chi connectivity index (χ3v) is 2.57. The molecular formula is C13H12ClN. The first-order valence-electron chi connectivity index (χ1n) is 4.83. The fraction of sp³-hybridized carbons (Fsp3) is 0.0769. The molecule has 15 heavy (non-hydrogen) atoms. The van der Waals surface area contributed by atoms with Crippen LogP contribution in [0.15, 0.2) is 48.5 Å². The summed E-state index contributed by atoms with van der Waals surface area (Å²) >= 11 is 5.92. The number of rotatable bonds is 2. The van der Waals surface area contributed by atoms with Crippen LogP contribution in [0.25, 0.3) is 0 Å². The van der Waals surface area contributed by atoms with E-state index in [1.54, 1.807) is 0 Å². The van der Waals surface area contributed by atoms with Crippen molar-refractivity contribution in [3.05, 3.63) is 64.7 Å². The molecule has 0 spiro atoms. The van der Waals surface area contributed by atoms with Gasteiger partial charge in [0.05, 0.1) is 0 Å². The molecule has 2 N–H and O–H groups in total. The van der Waals surface area contributed by atoms with Crippen molar-refractivity contribution in [1.82, 2.24) is 0 Å². The van der Waals surface area contributed by atoms with E-state index in [4.69, 9.17) is 17.3 Å². The van der Waals surface area contributed by atoms with Crippen LogP contribution in [0.5, 0.6) is 0 Å². The zero-order chi connectivity index (χ0) is 10.7. The minimum Gasteiger partial charge on any atom is -0.398 e. The summed E-state index contributed by atoms with van der Waals surface area (Å²) in [5.74, 6) is 0. The summed E-state index contributed by atoms with van der Waals surface area (Å²) in [6.07, 6.45) is 0.827. The Balaban J connectivity index is 2.26. The highest BCUT2D eigenvalue weighted by Crippen LogP contribution is 2.18. The van der Waals surface area contributed by atoms with Crippen LogP contribution in [0.1, 0.15) is 11.1 Å². The first-order valence-corrected chi connectivity index (χ1v) is 5.21. The van der Waals surface area contributed by atoms with E-state index in [1.807, 2.05) is 42.5 Å². The Bertz CT molecular complexity index is 466. The minimum atomic E-state index is 0.766.